The molecule has 0 atom stereocenters. The van der Waals surface area contributed by atoms with Crippen LogP contribution in [0.15, 0.2) is 67.3 Å². The highest BCUT2D eigenvalue weighted by Crippen LogP contribution is 2.38. The van der Waals surface area contributed by atoms with Gasteiger partial charge in [0.25, 0.3) is 5.91 Å². The number of pyridine rings is 1. The second kappa shape index (κ2) is 6.76. The molecule has 0 radical (unpaired) electrons. The number of hydrogen-bond donors (Lipinski definition) is 1. The fourth-order valence-corrected chi connectivity index (χ4v) is 2.83. The van der Waals surface area contributed by atoms with Gasteiger partial charge in [0.2, 0.25) is 0 Å². The predicted octanol–water partition coefficient (Wildman–Crippen LogP) is 4.06. The van der Waals surface area contributed by atoms with E-state index in [0.717, 1.165) is 6.07 Å². The fourth-order valence-electron chi connectivity index (χ4n) is 2.83. The van der Waals surface area contributed by atoms with Gasteiger partial charge >= 0.3 is 6.18 Å². The fraction of sp³-hybridized carbons (Fsp3) is 0.0526. The van der Waals surface area contributed by atoms with Gasteiger partial charge in [-0.1, -0.05) is 18.2 Å². The van der Waals surface area contributed by atoms with Gasteiger partial charge in [-0.05, 0) is 24.3 Å². The maximum absolute atomic E-state index is 13.4. The maximum Gasteiger partial charge on any atom is 0.417 e. The van der Waals surface area contributed by atoms with Crippen LogP contribution in [0.3, 0.4) is 0 Å². The smallest absolute Gasteiger partial charge is 0.320 e. The van der Waals surface area contributed by atoms with Gasteiger partial charge in [0, 0.05) is 24.2 Å². The summed E-state index contributed by atoms with van der Waals surface area (Å²) >= 11 is 0. The maximum atomic E-state index is 13.4. The molecule has 1 amide bonds. The van der Waals surface area contributed by atoms with Crippen LogP contribution >= 0.6 is 0 Å². The van der Waals surface area contributed by atoms with Gasteiger partial charge in [0.15, 0.2) is 5.65 Å². The predicted molar refractivity (Wildman–Crippen MR) is 95.6 cm³/mol. The minimum absolute atomic E-state index is 0.0215. The minimum atomic E-state index is -4.55. The van der Waals surface area contributed by atoms with Crippen LogP contribution in [-0.2, 0) is 6.18 Å². The van der Waals surface area contributed by atoms with Crippen molar-refractivity contribution in [3.8, 4) is 11.3 Å². The van der Waals surface area contributed by atoms with E-state index < -0.39 is 17.6 Å². The number of benzene rings is 1. The average molecular weight is 383 g/mol. The molecule has 9 heteroatoms. The van der Waals surface area contributed by atoms with E-state index in [1.807, 2.05) is 0 Å². The summed E-state index contributed by atoms with van der Waals surface area (Å²) in [5, 5.41) is 6.66. The molecule has 0 saturated heterocycles. The largest absolute Gasteiger partial charge is 0.417 e. The summed E-state index contributed by atoms with van der Waals surface area (Å²) in [5.74, 6) is -0.549. The molecule has 4 rings (SSSR count). The first-order chi connectivity index (χ1) is 13.4. The van der Waals surface area contributed by atoms with Gasteiger partial charge in [0.1, 0.15) is 5.56 Å². The standard InChI is InChI=1S/C19H12F3N5O/c20-19(21,22)14-6-2-1-5-12(14)16-15(7-3-8-23-16)26-18(28)13-11-25-27-10-4-9-24-17(13)27/h1-11H,(H,26,28). The van der Waals surface area contributed by atoms with Crippen LogP contribution in [0.25, 0.3) is 16.9 Å². The van der Waals surface area contributed by atoms with E-state index in [1.165, 1.54) is 53.4 Å². The lowest BCUT2D eigenvalue weighted by Gasteiger charge is -2.15. The minimum Gasteiger partial charge on any atom is -0.320 e. The number of halogens is 3. The Balaban J connectivity index is 1.75. The van der Waals surface area contributed by atoms with Gasteiger partial charge in [-0.3, -0.25) is 9.78 Å². The molecule has 0 fully saturated rings. The summed E-state index contributed by atoms with van der Waals surface area (Å²) in [6, 6.07) is 9.77. The number of alkyl halides is 3. The zero-order valence-electron chi connectivity index (χ0n) is 14.2. The Hall–Kier alpha value is -3.75. The number of nitrogens with zero attached hydrogens (tertiary/aromatic N) is 4. The van der Waals surface area contributed by atoms with E-state index in [1.54, 1.807) is 12.3 Å². The van der Waals surface area contributed by atoms with Crippen molar-refractivity contribution >= 4 is 17.2 Å². The van der Waals surface area contributed by atoms with Crippen molar-refractivity contribution < 1.29 is 18.0 Å². The Labute approximate surface area is 156 Å². The number of anilines is 1. The molecule has 1 N–H and O–H groups in total. The molecule has 0 aliphatic heterocycles. The molecule has 3 aromatic heterocycles. The first-order valence-electron chi connectivity index (χ1n) is 8.16. The number of nitrogens with one attached hydrogen (secondary N) is 1. The third-order valence-electron chi connectivity index (χ3n) is 4.07. The monoisotopic (exact) mass is 383 g/mol. The van der Waals surface area contributed by atoms with E-state index in [4.69, 9.17) is 0 Å². The van der Waals surface area contributed by atoms with Gasteiger partial charge in [-0.25, -0.2) is 9.50 Å². The van der Waals surface area contributed by atoms with Gasteiger partial charge in [-0.2, -0.15) is 18.3 Å². The summed E-state index contributed by atoms with van der Waals surface area (Å²) in [7, 11) is 0. The van der Waals surface area contributed by atoms with E-state index in [-0.39, 0.29) is 22.5 Å². The van der Waals surface area contributed by atoms with Crippen LogP contribution in [0.1, 0.15) is 15.9 Å². The molecule has 1 aromatic carbocycles. The summed E-state index contributed by atoms with van der Waals surface area (Å²) in [6.07, 6.45) is 1.31. The Kier molecular flexibility index (Phi) is 4.26. The van der Waals surface area contributed by atoms with Crippen LogP contribution in [0.5, 0.6) is 0 Å². The second-order valence-electron chi connectivity index (χ2n) is 5.84. The third kappa shape index (κ3) is 3.18. The highest BCUT2D eigenvalue weighted by Gasteiger charge is 2.34. The number of rotatable bonds is 3. The normalized spacial score (nSPS) is 11.5. The molecule has 0 bridgehead atoms. The van der Waals surface area contributed by atoms with Crippen LogP contribution in [-0.4, -0.2) is 25.5 Å². The molecule has 140 valence electrons. The van der Waals surface area contributed by atoms with E-state index in [9.17, 15) is 18.0 Å². The highest BCUT2D eigenvalue weighted by molar-refractivity contribution is 6.09. The summed E-state index contributed by atoms with van der Waals surface area (Å²) in [6.45, 7) is 0. The Morgan fingerprint density at radius 1 is 1.00 bits per heavy atom. The van der Waals surface area contributed by atoms with Crippen molar-refractivity contribution in [1.29, 1.82) is 0 Å². The zero-order valence-corrected chi connectivity index (χ0v) is 14.2. The number of carbonyl (C=O) groups is 1. The molecular formula is C19H12F3N5O. The van der Waals surface area contributed by atoms with Crippen LogP contribution < -0.4 is 5.32 Å². The topological polar surface area (TPSA) is 72.2 Å². The molecule has 0 aliphatic rings. The van der Waals surface area contributed by atoms with Gasteiger partial charge < -0.3 is 5.32 Å². The molecule has 0 aliphatic carbocycles. The van der Waals surface area contributed by atoms with Crippen molar-refractivity contribution in [3.63, 3.8) is 0 Å². The Morgan fingerprint density at radius 2 is 1.79 bits per heavy atom. The summed E-state index contributed by atoms with van der Waals surface area (Å²) in [5.41, 5.74) is -0.251. The van der Waals surface area contributed by atoms with Crippen LogP contribution in [0.4, 0.5) is 18.9 Å². The van der Waals surface area contributed by atoms with Crippen molar-refractivity contribution in [2.75, 3.05) is 5.32 Å². The van der Waals surface area contributed by atoms with Crippen molar-refractivity contribution in [2.45, 2.75) is 6.18 Å². The second-order valence-corrected chi connectivity index (χ2v) is 5.84. The average Bonchev–Trinajstić information content (AvgIpc) is 3.12. The third-order valence-corrected chi connectivity index (χ3v) is 4.07. The lowest BCUT2D eigenvalue weighted by Crippen LogP contribution is -2.14. The van der Waals surface area contributed by atoms with E-state index in [0.29, 0.717) is 5.65 Å². The molecule has 0 unspecified atom stereocenters. The number of hydrogen-bond acceptors (Lipinski definition) is 4. The Morgan fingerprint density at radius 3 is 2.61 bits per heavy atom. The molecule has 3 heterocycles. The molecule has 28 heavy (non-hydrogen) atoms. The first kappa shape index (κ1) is 17.7. The molecule has 0 saturated carbocycles. The van der Waals surface area contributed by atoms with Crippen LogP contribution in [0.2, 0.25) is 0 Å². The quantitative estimate of drug-likeness (QED) is 0.579. The lowest BCUT2D eigenvalue weighted by molar-refractivity contribution is -0.137. The molecule has 4 aromatic rings. The number of amides is 1. The summed E-state index contributed by atoms with van der Waals surface area (Å²) in [4.78, 5) is 20.9. The number of aromatic nitrogens is 4. The van der Waals surface area contributed by atoms with Gasteiger partial charge in [0.05, 0.1) is 23.1 Å². The van der Waals surface area contributed by atoms with Crippen LogP contribution in [0, 0.1) is 0 Å². The lowest BCUT2D eigenvalue weighted by atomic mass is 10.0. The van der Waals surface area contributed by atoms with Crippen molar-refractivity contribution in [3.05, 3.63) is 78.4 Å². The SMILES string of the molecule is O=C(Nc1cccnc1-c1ccccc1C(F)(F)F)c1cnn2cccnc12. The van der Waals surface area contributed by atoms with Gasteiger partial charge in [-0.15, -0.1) is 0 Å². The zero-order chi connectivity index (χ0) is 19.7. The van der Waals surface area contributed by atoms with Crippen molar-refractivity contribution in [2.24, 2.45) is 0 Å². The molecule has 0 spiro atoms. The molecule has 6 nitrogen and oxygen atoms in total. The van der Waals surface area contributed by atoms with E-state index >= 15 is 0 Å². The Bertz CT molecular complexity index is 1170. The molecular weight excluding hydrogens is 371 g/mol. The summed E-state index contributed by atoms with van der Waals surface area (Å²) < 4.78 is 41.6. The van der Waals surface area contributed by atoms with Crippen molar-refractivity contribution in [1.82, 2.24) is 19.6 Å². The highest BCUT2D eigenvalue weighted by atomic mass is 19.4. The first-order valence-corrected chi connectivity index (χ1v) is 8.16. The van der Waals surface area contributed by atoms with E-state index in [2.05, 4.69) is 20.4 Å². The number of fused-ring (bicyclic) bond motifs is 1. The number of carbonyl (C=O) groups excluding carboxylic acids is 1.